The van der Waals surface area contributed by atoms with E-state index in [4.69, 9.17) is 9.98 Å². The zero-order valence-electron chi connectivity index (χ0n) is 23.4. The van der Waals surface area contributed by atoms with Crippen LogP contribution in [0.5, 0.6) is 0 Å². The van der Waals surface area contributed by atoms with Gasteiger partial charge in [0.05, 0.1) is 39.5 Å². The molecule has 0 saturated heterocycles. The largest absolute Gasteiger partial charge is 0.354 e. The first-order chi connectivity index (χ1) is 19.8. The molecule has 1 aliphatic heterocycles. The summed E-state index contributed by atoms with van der Waals surface area (Å²) in [6.07, 6.45) is 14.4. The van der Waals surface area contributed by atoms with Gasteiger partial charge in [0.1, 0.15) is 0 Å². The number of aromatic nitrogens is 2. The first-order valence-electron chi connectivity index (χ1n) is 15.2. The van der Waals surface area contributed by atoms with Gasteiger partial charge in [0.25, 0.3) is 0 Å². The second kappa shape index (κ2) is 13.0. The van der Waals surface area contributed by atoms with Gasteiger partial charge in [0, 0.05) is 11.4 Å². The summed E-state index contributed by atoms with van der Waals surface area (Å²) in [6, 6.07) is 34.3. The lowest BCUT2D eigenvalue weighted by Crippen LogP contribution is -2.18. The Kier molecular flexibility index (Phi) is 8.52. The van der Waals surface area contributed by atoms with Gasteiger partial charge < -0.3 is 9.88 Å². The number of fused-ring (bicyclic) bond motifs is 2. The van der Waals surface area contributed by atoms with Crippen molar-refractivity contribution in [2.45, 2.75) is 76.7 Å². The fourth-order valence-corrected chi connectivity index (χ4v) is 6.05. The van der Waals surface area contributed by atoms with E-state index in [9.17, 15) is 0 Å². The smallest absolute Gasteiger partial charge is 0.0900 e. The molecule has 1 heterocycles. The number of nitrogens with one attached hydrogen (secondary N) is 1. The van der Waals surface area contributed by atoms with Crippen LogP contribution in [0.15, 0.2) is 102 Å². The summed E-state index contributed by atoms with van der Waals surface area (Å²) in [7, 11) is 0. The molecule has 1 N–H and O–H groups in total. The molecule has 1 saturated carbocycles. The fraction of sp³-hybridized carbons (Fsp3) is 0.333. The van der Waals surface area contributed by atoms with Crippen LogP contribution in [0.25, 0.3) is 28.1 Å². The Morgan fingerprint density at radius 2 is 1.25 bits per heavy atom. The highest BCUT2D eigenvalue weighted by atomic mass is 15.0. The van der Waals surface area contributed by atoms with Gasteiger partial charge in [-0.2, -0.15) is 0 Å². The molecule has 0 spiro atoms. The molecule has 0 atom stereocenters. The third-order valence-electron chi connectivity index (χ3n) is 8.16. The van der Waals surface area contributed by atoms with E-state index in [0.717, 1.165) is 57.7 Å². The summed E-state index contributed by atoms with van der Waals surface area (Å²) in [6.45, 7) is 0. The van der Waals surface area contributed by atoms with Crippen molar-refractivity contribution in [3.05, 3.63) is 102 Å². The predicted molar refractivity (Wildman–Crippen MR) is 168 cm³/mol. The number of benzene rings is 4. The van der Waals surface area contributed by atoms with Gasteiger partial charge in [-0.05, 0) is 61.4 Å². The molecule has 1 fully saturated rings. The average Bonchev–Trinajstić information content (AvgIpc) is 2.98. The molecule has 4 heteroatoms. The maximum absolute atomic E-state index is 5.50. The van der Waals surface area contributed by atoms with Crippen LogP contribution in [0.3, 0.4) is 0 Å². The molecule has 0 bridgehead atoms. The van der Waals surface area contributed by atoms with E-state index in [0.29, 0.717) is 6.04 Å². The lowest BCUT2D eigenvalue weighted by atomic mass is 9.98. The van der Waals surface area contributed by atoms with Gasteiger partial charge in [0.2, 0.25) is 0 Å². The van der Waals surface area contributed by atoms with Crippen LogP contribution in [0, 0.1) is 0 Å². The standard InChI is InChI=1S/C36H40N4/c1-2-4-6-10-18-29(19-11-7-5-3-1)38-33-27-36-34(26-32(33)37-28-20-12-8-13-21-28)39-31-24-16-17-25-35(31)40(36)30-22-14-9-15-23-30/h8-9,12-17,20-27,29,37H,1-7,10-11,18-19H2. The van der Waals surface area contributed by atoms with Crippen molar-refractivity contribution in [1.29, 1.82) is 0 Å². The van der Waals surface area contributed by atoms with Gasteiger partial charge in [0.15, 0.2) is 0 Å². The Morgan fingerprint density at radius 1 is 0.650 bits per heavy atom. The number of para-hydroxylation sites is 4. The number of nitrogens with zero attached hydrogens (tertiary/aromatic N) is 3. The van der Waals surface area contributed by atoms with Crippen LogP contribution >= 0.6 is 0 Å². The highest BCUT2D eigenvalue weighted by Crippen LogP contribution is 2.30. The van der Waals surface area contributed by atoms with Crippen molar-refractivity contribution in [3.8, 4) is 17.1 Å². The first-order valence-corrected chi connectivity index (χ1v) is 15.2. The van der Waals surface area contributed by atoms with E-state index >= 15 is 0 Å². The summed E-state index contributed by atoms with van der Waals surface area (Å²) in [4.78, 5) is 10.6. The predicted octanol–water partition coefficient (Wildman–Crippen LogP) is 9.45. The number of anilines is 2. The molecule has 0 aromatic heterocycles. The molecule has 0 radical (unpaired) electrons. The molecule has 204 valence electrons. The summed E-state index contributed by atoms with van der Waals surface area (Å²) in [5.74, 6) is 0. The van der Waals surface area contributed by atoms with Crippen LogP contribution in [0.2, 0.25) is 0 Å². The molecule has 4 nitrogen and oxygen atoms in total. The van der Waals surface area contributed by atoms with Crippen LogP contribution in [0.4, 0.5) is 11.4 Å². The van der Waals surface area contributed by atoms with Gasteiger partial charge in [-0.1, -0.05) is 106 Å². The average molecular weight is 529 g/mol. The Hall–Kier alpha value is -3.92. The number of rotatable bonds is 4. The lowest BCUT2D eigenvalue weighted by Gasteiger charge is -2.21. The number of hydrogen-bond donors (Lipinski definition) is 1. The van der Waals surface area contributed by atoms with E-state index in [1.165, 1.54) is 57.8 Å². The molecule has 0 amide bonds. The molecule has 3 aromatic rings. The van der Waals surface area contributed by atoms with Crippen molar-refractivity contribution in [1.82, 2.24) is 9.55 Å². The van der Waals surface area contributed by atoms with Crippen LogP contribution < -0.4 is 10.7 Å². The SMILES string of the molecule is c1ccc(Nc2cc3nc4ccccc4n(-c4ccccc4)c-3cc2=NC2CCCCCCCCCCC2)cc1. The Morgan fingerprint density at radius 3 is 1.95 bits per heavy atom. The minimum Gasteiger partial charge on any atom is -0.354 e. The second-order valence-electron chi connectivity index (χ2n) is 11.2. The third kappa shape index (κ3) is 6.28. The summed E-state index contributed by atoms with van der Waals surface area (Å²) < 4.78 is 2.34. The minimum atomic E-state index is 0.340. The molecule has 0 unspecified atom stereocenters. The second-order valence-corrected chi connectivity index (χ2v) is 11.2. The lowest BCUT2D eigenvalue weighted by molar-refractivity contribution is 0.462. The summed E-state index contributed by atoms with van der Waals surface area (Å²) >= 11 is 0. The summed E-state index contributed by atoms with van der Waals surface area (Å²) in [5, 5.41) is 4.71. The highest BCUT2D eigenvalue weighted by Gasteiger charge is 2.17. The first kappa shape index (κ1) is 26.3. The van der Waals surface area contributed by atoms with Crippen molar-refractivity contribution < 1.29 is 0 Å². The molecule has 3 aromatic carbocycles. The van der Waals surface area contributed by atoms with Gasteiger partial charge >= 0.3 is 0 Å². The Labute approximate surface area is 238 Å². The number of hydrogen-bond acceptors (Lipinski definition) is 3. The molecular weight excluding hydrogens is 488 g/mol. The molecule has 6 rings (SSSR count). The van der Waals surface area contributed by atoms with Crippen LogP contribution in [-0.4, -0.2) is 15.6 Å². The maximum atomic E-state index is 5.50. The van der Waals surface area contributed by atoms with Gasteiger partial charge in [-0.15, -0.1) is 0 Å². The maximum Gasteiger partial charge on any atom is 0.0900 e. The topological polar surface area (TPSA) is 42.2 Å². The van der Waals surface area contributed by atoms with E-state index in [1.807, 2.05) is 0 Å². The van der Waals surface area contributed by atoms with E-state index in [-0.39, 0.29) is 0 Å². The zero-order valence-corrected chi connectivity index (χ0v) is 23.4. The fourth-order valence-electron chi connectivity index (χ4n) is 6.05. The zero-order chi connectivity index (χ0) is 27.0. The van der Waals surface area contributed by atoms with Crippen molar-refractivity contribution in [2.75, 3.05) is 5.32 Å². The molecular formula is C36H40N4. The minimum absolute atomic E-state index is 0.340. The van der Waals surface area contributed by atoms with Crippen LogP contribution in [-0.2, 0) is 0 Å². The third-order valence-corrected chi connectivity index (χ3v) is 8.16. The molecule has 2 aliphatic carbocycles. The normalized spacial score (nSPS) is 16.4. The van der Waals surface area contributed by atoms with Crippen molar-refractivity contribution in [3.63, 3.8) is 0 Å². The highest BCUT2D eigenvalue weighted by molar-refractivity contribution is 5.84. The Balaban J connectivity index is 1.51. The molecule has 40 heavy (non-hydrogen) atoms. The van der Waals surface area contributed by atoms with E-state index < -0.39 is 0 Å². The Bertz CT molecular complexity index is 1540. The van der Waals surface area contributed by atoms with Gasteiger partial charge in [-0.3, -0.25) is 4.99 Å². The van der Waals surface area contributed by atoms with Crippen molar-refractivity contribution >= 4 is 22.4 Å². The van der Waals surface area contributed by atoms with Gasteiger partial charge in [-0.25, -0.2) is 4.98 Å². The summed E-state index contributed by atoms with van der Waals surface area (Å²) in [5.41, 5.74) is 7.33. The van der Waals surface area contributed by atoms with Crippen molar-refractivity contribution in [2.24, 2.45) is 4.99 Å². The van der Waals surface area contributed by atoms with E-state index in [1.54, 1.807) is 0 Å². The van der Waals surface area contributed by atoms with Crippen LogP contribution in [0.1, 0.15) is 70.6 Å². The van der Waals surface area contributed by atoms with E-state index in [2.05, 4.69) is 107 Å². The monoisotopic (exact) mass is 528 g/mol. The molecule has 3 aliphatic rings. The quantitative estimate of drug-likeness (QED) is 0.236.